The summed E-state index contributed by atoms with van der Waals surface area (Å²) in [6.45, 7) is 6.16. The Hall–Kier alpha value is -0.0800. The smallest absolute Gasteiger partial charge is 0.0261 e. The zero-order valence-corrected chi connectivity index (χ0v) is 6.85. The third kappa shape index (κ3) is 0.789. The highest BCUT2D eigenvalue weighted by Gasteiger charge is 2.44. The van der Waals surface area contributed by atoms with Gasteiger partial charge in [-0.15, -0.1) is 0 Å². The van der Waals surface area contributed by atoms with Crippen LogP contribution in [0.25, 0.3) is 0 Å². The van der Waals surface area contributed by atoms with Crippen LogP contribution in [-0.4, -0.2) is 37.6 Å². The first-order valence-electron chi connectivity index (χ1n) is 4.13. The molecule has 2 saturated heterocycles. The van der Waals surface area contributed by atoms with Crippen molar-refractivity contribution >= 4 is 0 Å². The molecule has 2 atom stereocenters. The van der Waals surface area contributed by atoms with E-state index < -0.39 is 0 Å². The molecule has 2 aliphatic rings. The molecule has 2 nitrogen and oxygen atoms in total. The minimum absolute atomic E-state index is 0.592. The minimum atomic E-state index is 0.592. The molecule has 0 amide bonds. The largest absolute Gasteiger partial charge is 0.312 e. The summed E-state index contributed by atoms with van der Waals surface area (Å²) in [5.41, 5.74) is 0.592. The molecule has 0 bridgehead atoms. The van der Waals surface area contributed by atoms with Gasteiger partial charge in [0.15, 0.2) is 0 Å². The van der Waals surface area contributed by atoms with Crippen molar-refractivity contribution in [2.45, 2.75) is 19.4 Å². The average molecular weight is 140 g/mol. The van der Waals surface area contributed by atoms with Crippen LogP contribution in [0.4, 0.5) is 0 Å². The summed E-state index contributed by atoms with van der Waals surface area (Å²) in [6.07, 6.45) is 1.36. The van der Waals surface area contributed by atoms with Gasteiger partial charge in [0.25, 0.3) is 0 Å². The van der Waals surface area contributed by atoms with Gasteiger partial charge in [-0.2, -0.15) is 0 Å². The molecule has 0 unspecified atom stereocenters. The van der Waals surface area contributed by atoms with Crippen LogP contribution in [0.2, 0.25) is 0 Å². The van der Waals surface area contributed by atoms with Crippen molar-refractivity contribution in [3.8, 4) is 0 Å². The van der Waals surface area contributed by atoms with Crippen LogP contribution >= 0.6 is 0 Å². The molecule has 2 heteroatoms. The summed E-state index contributed by atoms with van der Waals surface area (Å²) < 4.78 is 0. The fourth-order valence-corrected chi connectivity index (χ4v) is 2.42. The quantitative estimate of drug-likeness (QED) is 0.520. The lowest BCUT2D eigenvalue weighted by atomic mass is 9.86. The van der Waals surface area contributed by atoms with E-state index in [0.29, 0.717) is 5.41 Å². The number of nitrogens with one attached hydrogen (secondary N) is 1. The maximum atomic E-state index is 3.55. The number of fused-ring (bicyclic) bond motifs is 1. The Morgan fingerprint density at radius 1 is 1.60 bits per heavy atom. The molecule has 0 saturated carbocycles. The lowest BCUT2D eigenvalue weighted by molar-refractivity contribution is 0.310. The summed E-state index contributed by atoms with van der Waals surface area (Å²) in [5, 5.41) is 3.55. The van der Waals surface area contributed by atoms with Crippen LogP contribution in [0, 0.1) is 5.41 Å². The fraction of sp³-hybridized carbons (Fsp3) is 1.00. The Morgan fingerprint density at radius 2 is 2.40 bits per heavy atom. The predicted molar refractivity (Wildman–Crippen MR) is 42.0 cm³/mol. The Kier molecular flexibility index (Phi) is 1.29. The molecule has 2 heterocycles. The first-order valence-corrected chi connectivity index (χ1v) is 4.13. The van der Waals surface area contributed by atoms with Crippen molar-refractivity contribution in [2.75, 3.05) is 26.7 Å². The third-order valence-electron chi connectivity index (χ3n) is 3.05. The molecule has 0 aromatic rings. The van der Waals surface area contributed by atoms with Crippen molar-refractivity contribution in [3.63, 3.8) is 0 Å². The van der Waals surface area contributed by atoms with Crippen molar-refractivity contribution in [1.29, 1.82) is 0 Å². The molecular weight excluding hydrogens is 124 g/mol. The van der Waals surface area contributed by atoms with E-state index in [1.165, 1.54) is 26.1 Å². The van der Waals surface area contributed by atoms with Crippen LogP contribution in [0.5, 0.6) is 0 Å². The predicted octanol–water partition coefficient (Wildman–Crippen LogP) is 0.300. The van der Waals surface area contributed by atoms with Crippen molar-refractivity contribution in [3.05, 3.63) is 0 Å². The van der Waals surface area contributed by atoms with Gasteiger partial charge >= 0.3 is 0 Å². The van der Waals surface area contributed by atoms with Crippen LogP contribution < -0.4 is 5.32 Å². The maximum Gasteiger partial charge on any atom is 0.0261 e. The van der Waals surface area contributed by atoms with Crippen LogP contribution in [0.1, 0.15) is 13.3 Å². The summed E-state index contributed by atoms with van der Waals surface area (Å²) >= 11 is 0. The molecular formula is C8H16N2. The van der Waals surface area contributed by atoms with Crippen molar-refractivity contribution < 1.29 is 0 Å². The van der Waals surface area contributed by atoms with Crippen LogP contribution in [0.3, 0.4) is 0 Å². The van der Waals surface area contributed by atoms with E-state index in [2.05, 4.69) is 24.2 Å². The third-order valence-corrected chi connectivity index (χ3v) is 3.05. The maximum absolute atomic E-state index is 3.55. The molecule has 2 rings (SSSR count). The van der Waals surface area contributed by atoms with E-state index in [1.807, 2.05) is 0 Å². The molecule has 2 aliphatic heterocycles. The fourth-order valence-electron chi connectivity index (χ4n) is 2.42. The van der Waals surface area contributed by atoms with Gasteiger partial charge < -0.3 is 10.2 Å². The highest BCUT2D eigenvalue weighted by atomic mass is 15.2. The normalized spacial score (nSPS) is 48.0. The topological polar surface area (TPSA) is 15.3 Å². The zero-order valence-electron chi connectivity index (χ0n) is 6.85. The number of hydrogen-bond acceptors (Lipinski definition) is 2. The second kappa shape index (κ2) is 1.95. The standard InChI is InChI=1S/C8H16N2/c1-8-3-4-9-7(8)5-10(2)6-8/h7,9H,3-6H2,1-2H3/t7-,8+/m0/s1. The van der Waals surface area contributed by atoms with E-state index >= 15 is 0 Å². The van der Waals surface area contributed by atoms with E-state index in [9.17, 15) is 0 Å². The molecule has 0 aliphatic carbocycles. The molecule has 2 fully saturated rings. The first-order chi connectivity index (χ1) is 4.71. The second-order valence-electron chi connectivity index (χ2n) is 4.11. The van der Waals surface area contributed by atoms with Crippen LogP contribution in [0.15, 0.2) is 0 Å². The van der Waals surface area contributed by atoms with Gasteiger partial charge in [-0.3, -0.25) is 0 Å². The number of likely N-dealkylation sites (N-methyl/N-ethyl adjacent to an activating group) is 1. The average Bonchev–Trinajstić information content (AvgIpc) is 2.20. The Morgan fingerprint density at radius 3 is 3.10 bits per heavy atom. The summed E-state index contributed by atoms with van der Waals surface area (Å²) in [6, 6.07) is 0.775. The Bertz CT molecular complexity index is 146. The number of rotatable bonds is 0. The SMILES string of the molecule is CN1C[C@@H]2NCC[C@]2(C)C1. The molecule has 58 valence electrons. The van der Waals surface area contributed by atoms with Gasteiger partial charge in [0.2, 0.25) is 0 Å². The van der Waals surface area contributed by atoms with Gasteiger partial charge in [-0.25, -0.2) is 0 Å². The van der Waals surface area contributed by atoms with Crippen molar-refractivity contribution in [1.82, 2.24) is 10.2 Å². The van der Waals surface area contributed by atoms with Gasteiger partial charge in [-0.1, -0.05) is 6.92 Å². The van der Waals surface area contributed by atoms with Gasteiger partial charge in [0.1, 0.15) is 0 Å². The molecule has 10 heavy (non-hydrogen) atoms. The lowest BCUT2D eigenvalue weighted by Gasteiger charge is -2.21. The van der Waals surface area contributed by atoms with E-state index in [0.717, 1.165) is 6.04 Å². The van der Waals surface area contributed by atoms with E-state index in [-0.39, 0.29) is 0 Å². The molecule has 1 N–H and O–H groups in total. The first kappa shape index (κ1) is 6.62. The summed E-state index contributed by atoms with van der Waals surface area (Å²) in [4.78, 5) is 2.43. The second-order valence-corrected chi connectivity index (χ2v) is 4.11. The highest BCUT2D eigenvalue weighted by molar-refractivity contribution is 5.01. The number of likely N-dealkylation sites (tertiary alicyclic amines) is 1. The highest BCUT2D eigenvalue weighted by Crippen LogP contribution is 2.36. The Balaban J connectivity index is 2.15. The number of hydrogen-bond donors (Lipinski definition) is 1. The van der Waals surface area contributed by atoms with Crippen LogP contribution in [-0.2, 0) is 0 Å². The molecule has 0 aromatic heterocycles. The minimum Gasteiger partial charge on any atom is -0.312 e. The molecule has 0 aromatic carbocycles. The monoisotopic (exact) mass is 140 g/mol. The summed E-state index contributed by atoms with van der Waals surface area (Å²) in [7, 11) is 2.21. The lowest BCUT2D eigenvalue weighted by Crippen LogP contribution is -2.32. The molecule has 0 spiro atoms. The van der Waals surface area contributed by atoms with E-state index in [4.69, 9.17) is 0 Å². The van der Waals surface area contributed by atoms with Gasteiger partial charge in [0, 0.05) is 19.1 Å². The van der Waals surface area contributed by atoms with Gasteiger partial charge in [-0.05, 0) is 25.4 Å². The van der Waals surface area contributed by atoms with E-state index in [1.54, 1.807) is 0 Å². The number of nitrogens with zero attached hydrogens (tertiary/aromatic N) is 1. The zero-order chi connectivity index (χ0) is 7.19. The van der Waals surface area contributed by atoms with Crippen molar-refractivity contribution in [2.24, 2.45) is 5.41 Å². The van der Waals surface area contributed by atoms with Gasteiger partial charge in [0.05, 0.1) is 0 Å². The Labute approximate surface area is 62.6 Å². The summed E-state index contributed by atoms with van der Waals surface area (Å²) in [5.74, 6) is 0. The molecule has 0 radical (unpaired) electrons.